The fourth-order valence-corrected chi connectivity index (χ4v) is 2.46. The summed E-state index contributed by atoms with van der Waals surface area (Å²) in [6.45, 7) is 3.23. The maximum atomic E-state index is 12.5. The number of benzene rings is 2. The molecule has 0 radical (unpaired) electrons. The van der Waals surface area contributed by atoms with Crippen molar-refractivity contribution in [1.82, 2.24) is 0 Å². The summed E-state index contributed by atoms with van der Waals surface area (Å²) >= 11 is 0. The van der Waals surface area contributed by atoms with Crippen molar-refractivity contribution >= 4 is 23.2 Å². The van der Waals surface area contributed by atoms with E-state index in [0.29, 0.717) is 22.9 Å². The molecule has 2 amide bonds. The number of fused-ring (bicyclic) bond motifs is 1. The van der Waals surface area contributed by atoms with Crippen molar-refractivity contribution in [3.63, 3.8) is 0 Å². The Balaban J connectivity index is 1.68. The Hall–Kier alpha value is -3.02. The zero-order chi connectivity index (χ0) is 17.1. The van der Waals surface area contributed by atoms with Crippen molar-refractivity contribution in [3.05, 3.63) is 48.5 Å². The van der Waals surface area contributed by atoms with Crippen LogP contribution in [0.3, 0.4) is 0 Å². The molecule has 0 fully saturated rings. The average molecular weight is 326 g/mol. The van der Waals surface area contributed by atoms with E-state index in [1.807, 2.05) is 12.1 Å². The van der Waals surface area contributed by atoms with Gasteiger partial charge >= 0.3 is 0 Å². The van der Waals surface area contributed by atoms with Gasteiger partial charge in [-0.3, -0.25) is 9.59 Å². The van der Waals surface area contributed by atoms with Crippen molar-refractivity contribution in [3.8, 4) is 11.5 Å². The molecule has 2 N–H and O–H groups in total. The van der Waals surface area contributed by atoms with Crippen LogP contribution in [0, 0.1) is 0 Å². The minimum Gasteiger partial charge on any atom is -0.482 e. The zero-order valence-corrected chi connectivity index (χ0v) is 13.4. The molecule has 2 unspecified atom stereocenters. The van der Waals surface area contributed by atoms with Crippen LogP contribution >= 0.6 is 0 Å². The largest absolute Gasteiger partial charge is 0.482 e. The Morgan fingerprint density at radius 1 is 0.875 bits per heavy atom. The van der Waals surface area contributed by atoms with Crippen molar-refractivity contribution < 1.29 is 19.1 Å². The number of carbonyl (C=O) groups is 2. The van der Waals surface area contributed by atoms with Gasteiger partial charge in [-0.15, -0.1) is 0 Å². The first-order valence-corrected chi connectivity index (χ1v) is 7.64. The Labute approximate surface area is 139 Å². The van der Waals surface area contributed by atoms with E-state index in [1.165, 1.54) is 6.92 Å². The van der Waals surface area contributed by atoms with Crippen LogP contribution in [0.1, 0.15) is 13.8 Å². The van der Waals surface area contributed by atoms with Gasteiger partial charge in [0.15, 0.2) is 11.5 Å². The lowest BCUT2D eigenvalue weighted by atomic mass is 10.1. The second-order valence-corrected chi connectivity index (χ2v) is 5.56. The molecule has 0 saturated heterocycles. The smallest absolute Gasteiger partial charge is 0.269 e. The summed E-state index contributed by atoms with van der Waals surface area (Å²) in [4.78, 5) is 23.5. The third-order valence-electron chi connectivity index (χ3n) is 3.57. The normalized spacial score (nSPS) is 18.6. The quantitative estimate of drug-likeness (QED) is 0.909. The van der Waals surface area contributed by atoms with Gasteiger partial charge in [0, 0.05) is 18.3 Å². The number of para-hydroxylation sites is 2. The van der Waals surface area contributed by atoms with E-state index in [1.54, 1.807) is 43.3 Å². The van der Waals surface area contributed by atoms with Crippen molar-refractivity contribution in [1.29, 1.82) is 0 Å². The molecular weight excluding hydrogens is 308 g/mol. The SMILES string of the molecule is CC(=O)Nc1ccc(NC(=O)C2Oc3ccccc3OC2C)cc1. The zero-order valence-electron chi connectivity index (χ0n) is 13.4. The minimum absolute atomic E-state index is 0.146. The molecule has 0 spiro atoms. The highest BCUT2D eigenvalue weighted by atomic mass is 16.6. The highest BCUT2D eigenvalue weighted by Crippen LogP contribution is 2.33. The summed E-state index contributed by atoms with van der Waals surface area (Å²) < 4.78 is 11.5. The van der Waals surface area contributed by atoms with Gasteiger partial charge in [0.2, 0.25) is 12.0 Å². The van der Waals surface area contributed by atoms with Crippen LogP contribution in [0.5, 0.6) is 11.5 Å². The molecule has 0 saturated carbocycles. The Morgan fingerprint density at radius 3 is 2.00 bits per heavy atom. The topological polar surface area (TPSA) is 76.7 Å². The second-order valence-electron chi connectivity index (χ2n) is 5.56. The fraction of sp³-hybridized carbons (Fsp3) is 0.222. The summed E-state index contributed by atoms with van der Waals surface area (Å²) in [6, 6.07) is 14.1. The molecule has 6 nitrogen and oxygen atoms in total. The van der Waals surface area contributed by atoms with Gasteiger partial charge in [-0.1, -0.05) is 12.1 Å². The number of hydrogen-bond acceptors (Lipinski definition) is 4. The van der Waals surface area contributed by atoms with E-state index in [2.05, 4.69) is 10.6 Å². The van der Waals surface area contributed by atoms with Gasteiger partial charge in [-0.05, 0) is 43.3 Å². The Morgan fingerprint density at radius 2 is 1.42 bits per heavy atom. The Kier molecular flexibility index (Phi) is 4.37. The molecular formula is C18H18N2O4. The molecule has 124 valence electrons. The van der Waals surface area contributed by atoms with Gasteiger partial charge in [0.1, 0.15) is 6.10 Å². The predicted molar refractivity (Wildman–Crippen MR) is 90.3 cm³/mol. The lowest BCUT2D eigenvalue weighted by molar-refractivity contribution is -0.128. The molecule has 0 aliphatic carbocycles. The van der Waals surface area contributed by atoms with Crippen LogP contribution in [0.25, 0.3) is 0 Å². The maximum absolute atomic E-state index is 12.5. The summed E-state index contributed by atoms with van der Waals surface area (Å²) in [5.74, 6) is 0.752. The van der Waals surface area contributed by atoms with Crippen molar-refractivity contribution in [2.45, 2.75) is 26.1 Å². The molecule has 24 heavy (non-hydrogen) atoms. The first-order chi connectivity index (χ1) is 11.5. The predicted octanol–water partition coefficient (Wildman–Crippen LogP) is 2.81. The third kappa shape index (κ3) is 3.48. The van der Waals surface area contributed by atoms with Crippen LogP contribution < -0.4 is 20.1 Å². The van der Waals surface area contributed by atoms with Gasteiger partial charge in [0.05, 0.1) is 0 Å². The molecule has 0 bridgehead atoms. The maximum Gasteiger partial charge on any atom is 0.269 e. The van der Waals surface area contributed by atoms with E-state index in [4.69, 9.17) is 9.47 Å². The van der Waals surface area contributed by atoms with Crippen LogP contribution in [0.2, 0.25) is 0 Å². The van der Waals surface area contributed by atoms with E-state index in [0.717, 1.165) is 0 Å². The highest BCUT2D eigenvalue weighted by Gasteiger charge is 2.34. The number of carbonyl (C=O) groups excluding carboxylic acids is 2. The third-order valence-corrected chi connectivity index (χ3v) is 3.57. The van der Waals surface area contributed by atoms with Gasteiger partial charge in [-0.2, -0.15) is 0 Å². The molecule has 2 aromatic carbocycles. The molecule has 1 aliphatic rings. The molecule has 1 heterocycles. The molecule has 3 rings (SSSR count). The second kappa shape index (κ2) is 6.62. The molecule has 1 aliphatic heterocycles. The number of hydrogen-bond donors (Lipinski definition) is 2. The summed E-state index contributed by atoms with van der Waals surface area (Å²) in [5.41, 5.74) is 1.28. The van der Waals surface area contributed by atoms with Crippen LogP contribution in [0.15, 0.2) is 48.5 Å². The van der Waals surface area contributed by atoms with Crippen molar-refractivity contribution in [2.75, 3.05) is 10.6 Å². The minimum atomic E-state index is -0.741. The first kappa shape index (κ1) is 15.9. The Bertz CT molecular complexity index is 758. The van der Waals surface area contributed by atoms with Gasteiger partial charge in [-0.25, -0.2) is 0 Å². The highest BCUT2D eigenvalue weighted by molar-refractivity contribution is 5.95. The molecule has 2 atom stereocenters. The number of nitrogens with one attached hydrogen (secondary N) is 2. The summed E-state index contributed by atoms with van der Waals surface area (Å²) in [6.07, 6.45) is -1.14. The van der Waals surface area contributed by atoms with Crippen LogP contribution in [-0.4, -0.2) is 24.0 Å². The average Bonchev–Trinajstić information content (AvgIpc) is 2.55. The lowest BCUT2D eigenvalue weighted by Crippen LogP contribution is -2.46. The van der Waals surface area contributed by atoms with Crippen LogP contribution in [-0.2, 0) is 9.59 Å². The first-order valence-electron chi connectivity index (χ1n) is 7.64. The van der Waals surface area contributed by atoms with Gasteiger partial charge in [0.25, 0.3) is 5.91 Å². The number of amides is 2. The number of rotatable bonds is 3. The standard InChI is InChI=1S/C18H18N2O4/c1-11-17(24-16-6-4-3-5-15(16)23-11)18(22)20-14-9-7-13(8-10-14)19-12(2)21/h3-11,17H,1-2H3,(H,19,21)(H,20,22). The van der Waals surface area contributed by atoms with Gasteiger partial charge < -0.3 is 20.1 Å². The number of anilines is 2. The lowest BCUT2D eigenvalue weighted by Gasteiger charge is -2.31. The van der Waals surface area contributed by atoms with E-state index in [9.17, 15) is 9.59 Å². The summed E-state index contributed by atoms with van der Waals surface area (Å²) in [7, 11) is 0. The molecule has 6 heteroatoms. The number of ether oxygens (including phenoxy) is 2. The summed E-state index contributed by atoms with van der Waals surface area (Å²) in [5, 5.41) is 5.47. The molecule has 0 aromatic heterocycles. The molecule has 2 aromatic rings. The van der Waals surface area contributed by atoms with E-state index in [-0.39, 0.29) is 11.8 Å². The van der Waals surface area contributed by atoms with E-state index >= 15 is 0 Å². The van der Waals surface area contributed by atoms with Crippen molar-refractivity contribution in [2.24, 2.45) is 0 Å². The van der Waals surface area contributed by atoms with E-state index < -0.39 is 12.2 Å². The fourth-order valence-electron chi connectivity index (χ4n) is 2.46. The van der Waals surface area contributed by atoms with Crippen LogP contribution in [0.4, 0.5) is 11.4 Å². The monoisotopic (exact) mass is 326 g/mol.